The third-order valence-corrected chi connectivity index (χ3v) is 6.54. The molecule has 0 spiro atoms. The van der Waals surface area contributed by atoms with Crippen LogP contribution in [0.25, 0.3) is 0 Å². The van der Waals surface area contributed by atoms with Crippen LogP contribution in [-0.2, 0) is 11.2 Å². The topological polar surface area (TPSA) is 20.3 Å². The molecule has 1 aromatic rings. The van der Waals surface area contributed by atoms with E-state index in [1.165, 1.54) is 5.56 Å². The molecular weight excluding hydrogens is 318 g/mol. The third-order valence-electron chi connectivity index (χ3n) is 6.54. The number of carbonyl (C=O) groups excluding carboxylic acids is 1. The summed E-state index contributed by atoms with van der Waals surface area (Å²) in [5.41, 5.74) is 1.90. The molecule has 26 heavy (non-hydrogen) atoms. The van der Waals surface area contributed by atoms with E-state index in [9.17, 15) is 4.79 Å². The van der Waals surface area contributed by atoms with Crippen molar-refractivity contribution in [2.75, 3.05) is 4.90 Å². The monoisotopic (exact) mass is 359 g/mol. The molecule has 0 fully saturated rings. The van der Waals surface area contributed by atoms with Gasteiger partial charge in [-0.3, -0.25) is 4.79 Å². The van der Waals surface area contributed by atoms with Crippen molar-refractivity contribution in [2.24, 2.45) is 10.8 Å². The van der Waals surface area contributed by atoms with Gasteiger partial charge in [0, 0.05) is 17.1 Å². The highest BCUT2D eigenvalue weighted by Gasteiger charge is 2.45. The van der Waals surface area contributed by atoms with Crippen molar-refractivity contribution in [3.63, 3.8) is 0 Å². The molecule has 0 aromatic heterocycles. The van der Waals surface area contributed by atoms with E-state index in [0.29, 0.717) is 0 Å². The summed E-state index contributed by atoms with van der Waals surface area (Å²) in [5, 5.41) is 0. The van der Waals surface area contributed by atoms with E-state index >= 15 is 0 Å². The standard InChI is InChI=1S/C24H41NO/c1-9-14-20(15-10-2)25(21-17-13-16-19(11-3)18-21)22(26)24(7,8)23(5,6)12-4/h13,16-18,20H,9-12,14-15H2,1-8H3. The number of hydrogen-bond donors (Lipinski definition) is 0. The molecule has 148 valence electrons. The van der Waals surface area contributed by atoms with Crippen LogP contribution in [-0.4, -0.2) is 11.9 Å². The highest BCUT2D eigenvalue weighted by molar-refractivity contribution is 5.98. The second-order valence-electron chi connectivity index (χ2n) is 8.79. The Morgan fingerprint density at radius 2 is 1.58 bits per heavy atom. The first kappa shape index (κ1) is 22.7. The predicted octanol–water partition coefficient (Wildman–Crippen LogP) is 7.01. The Labute approximate surface area is 162 Å². The summed E-state index contributed by atoms with van der Waals surface area (Å²) in [4.78, 5) is 16.0. The van der Waals surface area contributed by atoms with Gasteiger partial charge >= 0.3 is 0 Å². The largest absolute Gasteiger partial charge is 0.309 e. The van der Waals surface area contributed by atoms with Gasteiger partial charge < -0.3 is 4.90 Å². The Bertz CT molecular complexity index is 567. The molecule has 2 nitrogen and oxygen atoms in total. The number of anilines is 1. The Morgan fingerprint density at radius 3 is 2.04 bits per heavy atom. The lowest BCUT2D eigenvalue weighted by Gasteiger charge is -2.45. The van der Waals surface area contributed by atoms with E-state index in [-0.39, 0.29) is 17.4 Å². The van der Waals surface area contributed by atoms with Gasteiger partial charge in [-0.2, -0.15) is 0 Å². The average Bonchev–Trinajstić information content (AvgIpc) is 2.62. The molecule has 0 N–H and O–H groups in total. The zero-order valence-corrected chi connectivity index (χ0v) is 18.5. The summed E-state index contributed by atoms with van der Waals surface area (Å²) in [6.45, 7) is 17.5. The molecule has 0 atom stereocenters. The zero-order chi connectivity index (χ0) is 20.0. The van der Waals surface area contributed by atoms with Gasteiger partial charge in [0.1, 0.15) is 0 Å². The Hall–Kier alpha value is -1.31. The highest BCUT2D eigenvalue weighted by atomic mass is 16.2. The number of aryl methyl sites for hydroxylation is 1. The second kappa shape index (κ2) is 9.58. The maximum absolute atomic E-state index is 13.9. The molecule has 0 heterocycles. The molecule has 0 aliphatic carbocycles. The van der Waals surface area contributed by atoms with E-state index in [4.69, 9.17) is 0 Å². The molecule has 0 saturated heterocycles. The Kier molecular flexibility index (Phi) is 8.37. The fraction of sp³-hybridized carbons (Fsp3) is 0.708. The molecule has 0 radical (unpaired) electrons. The van der Waals surface area contributed by atoms with Gasteiger partial charge in [0.2, 0.25) is 5.91 Å². The number of benzene rings is 1. The lowest BCUT2D eigenvalue weighted by molar-refractivity contribution is -0.133. The van der Waals surface area contributed by atoms with E-state index < -0.39 is 5.41 Å². The van der Waals surface area contributed by atoms with Crippen LogP contribution in [0.5, 0.6) is 0 Å². The van der Waals surface area contributed by atoms with Gasteiger partial charge in [0.25, 0.3) is 0 Å². The summed E-state index contributed by atoms with van der Waals surface area (Å²) in [6, 6.07) is 8.86. The molecule has 2 heteroatoms. The van der Waals surface area contributed by atoms with Crippen molar-refractivity contribution in [3.8, 4) is 0 Å². The smallest absolute Gasteiger partial charge is 0.233 e. The summed E-state index contributed by atoms with van der Waals surface area (Å²) in [5.74, 6) is 0.268. The minimum Gasteiger partial charge on any atom is -0.309 e. The summed E-state index contributed by atoms with van der Waals surface area (Å²) in [6.07, 6.45) is 6.28. The van der Waals surface area contributed by atoms with Crippen molar-refractivity contribution >= 4 is 11.6 Å². The van der Waals surface area contributed by atoms with Crippen LogP contribution < -0.4 is 4.90 Å². The molecule has 0 unspecified atom stereocenters. The molecule has 0 aliphatic rings. The van der Waals surface area contributed by atoms with Crippen LogP contribution in [0.3, 0.4) is 0 Å². The van der Waals surface area contributed by atoms with Crippen molar-refractivity contribution < 1.29 is 4.79 Å². The lowest BCUT2D eigenvalue weighted by Crippen LogP contribution is -2.52. The van der Waals surface area contributed by atoms with Crippen LogP contribution in [0.2, 0.25) is 0 Å². The first-order valence-electron chi connectivity index (χ1n) is 10.6. The molecular formula is C24H41NO. The maximum Gasteiger partial charge on any atom is 0.233 e. The lowest BCUT2D eigenvalue weighted by atomic mass is 9.65. The van der Waals surface area contributed by atoms with Crippen molar-refractivity contribution in [1.82, 2.24) is 0 Å². The van der Waals surface area contributed by atoms with Gasteiger partial charge in [-0.1, -0.05) is 80.4 Å². The van der Waals surface area contributed by atoms with Crippen molar-refractivity contribution in [3.05, 3.63) is 29.8 Å². The van der Waals surface area contributed by atoms with Crippen molar-refractivity contribution in [1.29, 1.82) is 0 Å². The Morgan fingerprint density at radius 1 is 1.00 bits per heavy atom. The van der Waals surface area contributed by atoms with Crippen LogP contribution in [0, 0.1) is 10.8 Å². The summed E-state index contributed by atoms with van der Waals surface area (Å²) < 4.78 is 0. The third kappa shape index (κ3) is 4.90. The number of nitrogens with zero attached hydrogens (tertiary/aromatic N) is 1. The summed E-state index contributed by atoms with van der Waals surface area (Å²) >= 11 is 0. The van der Waals surface area contributed by atoms with Crippen LogP contribution in [0.15, 0.2) is 24.3 Å². The SMILES string of the molecule is CCCC(CCC)N(C(=O)C(C)(C)C(C)(C)CC)c1cccc(CC)c1. The molecule has 0 aliphatic heterocycles. The van der Waals surface area contributed by atoms with Gasteiger partial charge in [-0.05, 0) is 48.8 Å². The van der Waals surface area contributed by atoms with Crippen LogP contribution >= 0.6 is 0 Å². The quantitative estimate of drug-likeness (QED) is 0.440. The molecule has 0 bridgehead atoms. The molecule has 0 saturated carbocycles. The minimum absolute atomic E-state index is 0.0479. The normalized spacial score (nSPS) is 12.5. The minimum atomic E-state index is -0.413. The number of carbonyl (C=O) groups is 1. The molecule has 1 rings (SSSR count). The highest BCUT2D eigenvalue weighted by Crippen LogP contribution is 2.44. The number of hydrogen-bond acceptors (Lipinski definition) is 1. The second-order valence-corrected chi connectivity index (χ2v) is 8.79. The number of rotatable bonds is 10. The van der Waals surface area contributed by atoms with Gasteiger partial charge in [-0.25, -0.2) is 0 Å². The van der Waals surface area contributed by atoms with Crippen molar-refractivity contribution in [2.45, 2.75) is 100.0 Å². The summed E-state index contributed by atoms with van der Waals surface area (Å²) in [7, 11) is 0. The Balaban J connectivity index is 3.45. The van der Waals surface area contributed by atoms with Crippen LogP contribution in [0.4, 0.5) is 5.69 Å². The van der Waals surface area contributed by atoms with E-state index in [0.717, 1.165) is 44.2 Å². The van der Waals surface area contributed by atoms with E-state index in [2.05, 4.69) is 84.6 Å². The van der Waals surface area contributed by atoms with E-state index in [1.54, 1.807) is 0 Å². The first-order valence-corrected chi connectivity index (χ1v) is 10.6. The maximum atomic E-state index is 13.9. The number of amides is 1. The van der Waals surface area contributed by atoms with Gasteiger partial charge in [-0.15, -0.1) is 0 Å². The molecule has 1 amide bonds. The first-order chi connectivity index (χ1) is 12.2. The van der Waals surface area contributed by atoms with E-state index in [1.807, 2.05) is 0 Å². The zero-order valence-electron chi connectivity index (χ0n) is 18.5. The van der Waals surface area contributed by atoms with Gasteiger partial charge in [0.15, 0.2) is 0 Å². The fourth-order valence-corrected chi connectivity index (χ4v) is 3.52. The predicted molar refractivity (Wildman–Crippen MR) is 115 cm³/mol. The average molecular weight is 360 g/mol. The van der Waals surface area contributed by atoms with Gasteiger partial charge in [0.05, 0.1) is 0 Å². The molecule has 1 aromatic carbocycles. The van der Waals surface area contributed by atoms with Crippen LogP contribution in [0.1, 0.15) is 93.1 Å². The fourth-order valence-electron chi connectivity index (χ4n) is 3.52.